The van der Waals surface area contributed by atoms with E-state index in [2.05, 4.69) is 0 Å². The van der Waals surface area contributed by atoms with E-state index in [0.29, 0.717) is 6.54 Å². The van der Waals surface area contributed by atoms with Gasteiger partial charge in [-0.1, -0.05) is 24.6 Å². The van der Waals surface area contributed by atoms with Crippen LogP contribution in [-0.4, -0.2) is 32.8 Å². The molecule has 0 fully saturated rings. The van der Waals surface area contributed by atoms with Crippen LogP contribution >= 0.6 is 7.60 Å². The van der Waals surface area contributed by atoms with E-state index in [1.165, 1.54) is 14.2 Å². The second-order valence-corrected chi connectivity index (χ2v) is 8.09. The average Bonchev–Trinajstić information content (AvgIpc) is 2.72. The molecule has 0 bridgehead atoms. The van der Waals surface area contributed by atoms with E-state index in [-0.39, 0.29) is 12.1 Å². The van der Waals surface area contributed by atoms with Gasteiger partial charge in [0, 0.05) is 38.8 Å². The lowest BCUT2D eigenvalue weighted by Crippen LogP contribution is -2.36. The van der Waals surface area contributed by atoms with Crippen LogP contribution in [-0.2, 0) is 23.8 Å². The number of hydrogen-bond acceptors (Lipinski definition) is 4. The highest BCUT2D eigenvalue weighted by atomic mass is 31.2. The van der Waals surface area contributed by atoms with Gasteiger partial charge in [0.1, 0.15) is 0 Å². The Labute approximate surface area is 125 Å². The third kappa shape index (κ3) is 2.91. The molecule has 6 heteroatoms. The molecule has 1 unspecified atom stereocenters. The van der Waals surface area contributed by atoms with Gasteiger partial charge in [0.25, 0.3) is 0 Å². The highest BCUT2D eigenvalue weighted by Gasteiger charge is 2.45. The summed E-state index contributed by atoms with van der Waals surface area (Å²) in [5.74, 6) is -0.0199. The molecule has 1 aromatic rings. The molecule has 0 aromatic heterocycles. The van der Waals surface area contributed by atoms with Crippen LogP contribution in [0.1, 0.15) is 25.0 Å². The van der Waals surface area contributed by atoms with Crippen molar-refractivity contribution >= 4 is 19.2 Å². The molecule has 0 N–H and O–H groups in total. The lowest BCUT2D eigenvalue weighted by molar-refractivity contribution is -0.116. The van der Waals surface area contributed by atoms with Gasteiger partial charge >= 0.3 is 7.60 Å². The Hall–Kier alpha value is -1.16. The van der Waals surface area contributed by atoms with Crippen LogP contribution in [0.3, 0.4) is 0 Å². The molecule has 1 amide bonds. The fourth-order valence-electron chi connectivity index (χ4n) is 2.94. The summed E-state index contributed by atoms with van der Waals surface area (Å²) in [5, 5.41) is 0. The van der Waals surface area contributed by atoms with Gasteiger partial charge in [0.15, 0.2) is 0 Å². The summed E-state index contributed by atoms with van der Waals surface area (Å²) >= 11 is 0. The Bertz CT molecular complexity index is 608. The molecule has 0 radical (unpaired) electrons. The van der Waals surface area contributed by atoms with Crippen LogP contribution in [0.5, 0.6) is 0 Å². The zero-order valence-corrected chi connectivity index (χ0v) is 14.1. The zero-order valence-electron chi connectivity index (χ0n) is 13.2. The lowest BCUT2D eigenvalue weighted by atomic mass is 9.86. The predicted molar refractivity (Wildman–Crippen MR) is 83.0 cm³/mol. The second-order valence-electron chi connectivity index (χ2n) is 5.82. The minimum atomic E-state index is -3.16. The summed E-state index contributed by atoms with van der Waals surface area (Å²) < 4.78 is 22.7. The van der Waals surface area contributed by atoms with E-state index in [4.69, 9.17) is 9.05 Å². The van der Waals surface area contributed by atoms with Crippen LogP contribution in [0.4, 0.5) is 5.69 Å². The van der Waals surface area contributed by atoms with Gasteiger partial charge in [0.05, 0.1) is 6.16 Å². The molecular weight excluding hydrogens is 289 g/mol. The van der Waals surface area contributed by atoms with Gasteiger partial charge in [-0.25, -0.2) is 0 Å². The van der Waals surface area contributed by atoms with Crippen LogP contribution < -0.4 is 4.90 Å². The number of benzene rings is 1. The number of carbonyl (C=O) groups is 1. The third-order valence-corrected chi connectivity index (χ3v) is 6.28. The van der Waals surface area contributed by atoms with Crippen LogP contribution in [0.25, 0.3) is 0 Å². The Morgan fingerprint density at radius 1 is 1.38 bits per heavy atom. The van der Waals surface area contributed by atoms with Gasteiger partial charge < -0.3 is 13.9 Å². The first-order valence-electron chi connectivity index (χ1n) is 6.84. The summed E-state index contributed by atoms with van der Waals surface area (Å²) in [6.07, 6.45) is 0.243. The van der Waals surface area contributed by atoms with E-state index < -0.39 is 13.0 Å². The van der Waals surface area contributed by atoms with Crippen molar-refractivity contribution in [2.24, 2.45) is 0 Å². The molecule has 0 aliphatic carbocycles. The number of fused-ring (bicyclic) bond motifs is 1. The van der Waals surface area contributed by atoms with Gasteiger partial charge in [-0.2, -0.15) is 0 Å². The van der Waals surface area contributed by atoms with Gasteiger partial charge in [-0.3, -0.25) is 9.36 Å². The van der Waals surface area contributed by atoms with E-state index in [0.717, 1.165) is 16.8 Å². The molecule has 1 aliphatic heterocycles. The number of nitrogens with zero attached hydrogens (tertiary/aromatic N) is 1. The number of rotatable bonds is 4. The largest absolute Gasteiger partial charge is 0.331 e. The smallest absolute Gasteiger partial charge is 0.312 e. The van der Waals surface area contributed by atoms with Crippen molar-refractivity contribution in [2.75, 3.05) is 31.8 Å². The van der Waals surface area contributed by atoms with Crippen LogP contribution in [0.2, 0.25) is 0 Å². The maximum Gasteiger partial charge on any atom is 0.331 e. The van der Waals surface area contributed by atoms with Gasteiger partial charge in [0.2, 0.25) is 5.91 Å². The first kappa shape index (κ1) is 16.2. The molecule has 116 valence electrons. The minimum absolute atomic E-state index is 0.0199. The average molecular weight is 311 g/mol. The first-order valence-corrected chi connectivity index (χ1v) is 8.57. The minimum Gasteiger partial charge on any atom is -0.312 e. The van der Waals surface area contributed by atoms with Crippen molar-refractivity contribution in [3.05, 3.63) is 29.3 Å². The Kier molecular flexibility index (Phi) is 4.29. The first-order chi connectivity index (χ1) is 9.74. The molecule has 2 rings (SSSR count). The highest BCUT2D eigenvalue weighted by Crippen LogP contribution is 2.55. The Balaban J connectivity index is 2.49. The zero-order chi connectivity index (χ0) is 15.8. The van der Waals surface area contributed by atoms with Crippen LogP contribution in [0.15, 0.2) is 18.2 Å². The fourth-order valence-corrected chi connectivity index (χ4v) is 4.47. The SMILES string of the molecule is COP(=O)(CC1(C)CN(C(C)=O)c2ccc(C)cc21)OC. The molecule has 1 aliphatic rings. The third-order valence-electron chi connectivity index (χ3n) is 4.08. The maximum atomic E-state index is 12.5. The molecule has 0 saturated heterocycles. The normalized spacial score (nSPS) is 21.5. The molecule has 21 heavy (non-hydrogen) atoms. The van der Waals surface area contributed by atoms with E-state index in [1.807, 2.05) is 32.0 Å². The van der Waals surface area contributed by atoms with Crippen molar-refractivity contribution in [3.8, 4) is 0 Å². The predicted octanol–water partition coefficient (Wildman–Crippen LogP) is 3.11. The summed E-state index contributed by atoms with van der Waals surface area (Å²) in [6.45, 7) is 6.03. The Morgan fingerprint density at radius 2 is 2.00 bits per heavy atom. The van der Waals surface area contributed by atoms with Gasteiger partial charge in [-0.05, 0) is 18.6 Å². The van der Waals surface area contributed by atoms with E-state index in [9.17, 15) is 9.36 Å². The van der Waals surface area contributed by atoms with Crippen molar-refractivity contribution in [2.45, 2.75) is 26.2 Å². The summed E-state index contributed by atoms with van der Waals surface area (Å²) in [7, 11) is -0.378. The monoisotopic (exact) mass is 311 g/mol. The van der Waals surface area contributed by atoms with Crippen molar-refractivity contribution in [1.82, 2.24) is 0 Å². The molecule has 1 atom stereocenters. The molecule has 1 heterocycles. The highest BCUT2D eigenvalue weighted by molar-refractivity contribution is 7.53. The molecule has 0 saturated carbocycles. The maximum absolute atomic E-state index is 12.5. The number of hydrogen-bond donors (Lipinski definition) is 0. The van der Waals surface area contributed by atoms with Crippen molar-refractivity contribution in [1.29, 1.82) is 0 Å². The quantitative estimate of drug-likeness (QED) is 0.802. The molecule has 5 nitrogen and oxygen atoms in total. The Morgan fingerprint density at radius 3 is 2.52 bits per heavy atom. The van der Waals surface area contributed by atoms with Crippen molar-refractivity contribution < 1.29 is 18.4 Å². The molecule has 1 aromatic carbocycles. The number of anilines is 1. The summed E-state index contributed by atoms with van der Waals surface area (Å²) in [6, 6.07) is 5.97. The molecule has 0 spiro atoms. The standard InChI is InChI=1S/C15H22NO4P/c1-11-6-7-14-13(8-11)15(3,9-16(14)12(2)17)10-21(18,19-4)20-5/h6-8H,9-10H2,1-5H3. The second kappa shape index (κ2) is 5.56. The van der Waals surface area contributed by atoms with E-state index in [1.54, 1.807) is 11.8 Å². The summed E-state index contributed by atoms with van der Waals surface area (Å²) in [4.78, 5) is 13.6. The number of aryl methyl sites for hydroxylation is 1. The van der Waals surface area contributed by atoms with Gasteiger partial charge in [-0.15, -0.1) is 0 Å². The van der Waals surface area contributed by atoms with Crippen molar-refractivity contribution in [3.63, 3.8) is 0 Å². The number of amides is 1. The fraction of sp³-hybridized carbons (Fsp3) is 0.533. The van der Waals surface area contributed by atoms with Crippen LogP contribution in [0, 0.1) is 6.92 Å². The summed E-state index contributed by atoms with van der Waals surface area (Å²) in [5.41, 5.74) is 2.56. The number of carbonyl (C=O) groups excluding carboxylic acids is 1. The van der Waals surface area contributed by atoms with E-state index >= 15 is 0 Å². The molecular formula is C15H22NO4P. The lowest BCUT2D eigenvalue weighted by Gasteiger charge is -2.28. The topological polar surface area (TPSA) is 55.8 Å².